The van der Waals surface area contributed by atoms with Gasteiger partial charge in [-0.3, -0.25) is 5.10 Å². The number of H-pyrrole nitrogens is 1. The third-order valence-corrected chi connectivity index (χ3v) is 1.05. The standard InChI is InChI=1S/C6H8N2O3/c9-3-4-11-6(10)5-1-2-7-8-5/h1-2,9H,3-4H2,(H,7,8). The molecular weight excluding hydrogens is 148 g/mol. The zero-order valence-corrected chi connectivity index (χ0v) is 5.78. The van der Waals surface area contributed by atoms with Gasteiger partial charge < -0.3 is 9.84 Å². The van der Waals surface area contributed by atoms with Crippen LogP contribution in [0.1, 0.15) is 10.5 Å². The maximum Gasteiger partial charge on any atom is 0.356 e. The highest BCUT2D eigenvalue weighted by Gasteiger charge is 2.06. The number of aliphatic hydroxyl groups is 1. The summed E-state index contributed by atoms with van der Waals surface area (Å²) in [6, 6.07) is 1.50. The highest BCUT2D eigenvalue weighted by molar-refractivity contribution is 5.86. The summed E-state index contributed by atoms with van der Waals surface area (Å²) in [4.78, 5) is 10.9. The summed E-state index contributed by atoms with van der Waals surface area (Å²) in [6.07, 6.45) is 1.45. The number of nitrogens with one attached hydrogen (secondary N) is 1. The molecule has 0 saturated carbocycles. The first-order valence-corrected chi connectivity index (χ1v) is 3.12. The SMILES string of the molecule is O=C(OCCO)c1ccn[nH]1. The number of esters is 1. The second-order valence-corrected chi connectivity index (χ2v) is 1.83. The lowest BCUT2D eigenvalue weighted by molar-refractivity contribution is 0.0427. The molecule has 5 heteroatoms. The van der Waals surface area contributed by atoms with E-state index in [9.17, 15) is 4.79 Å². The summed E-state index contributed by atoms with van der Waals surface area (Å²) < 4.78 is 4.58. The van der Waals surface area contributed by atoms with E-state index in [1.54, 1.807) is 0 Å². The minimum absolute atomic E-state index is 0.0118. The molecule has 2 N–H and O–H groups in total. The molecule has 0 aliphatic rings. The van der Waals surface area contributed by atoms with Crippen LogP contribution in [0.3, 0.4) is 0 Å². The summed E-state index contributed by atoms with van der Waals surface area (Å²) in [5.74, 6) is -0.503. The van der Waals surface area contributed by atoms with Crippen molar-refractivity contribution in [2.45, 2.75) is 0 Å². The van der Waals surface area contributed by atoms with Crippen LogP contribution in [0, 0.1) is 0 Å². The van der Waals surface area contributed by atoms with Gasteiger partial charge in [0.25, 0.3) is 0 Å². The Morgan fingerprint density at radius 1 is 1.82 bits per heavy atom. The first-order chi connectivity index (χ1) is 5.34. The van der Waals surface area contributed by atoms with Gasteiger partial charge in [-0.2, -0.15) is 5.10 Å². The maximum absolute atomic E-state index is 10.9. The first-order valence-electron chi connectivity index (χ1n) is 3.12. The monoisotopic (exact) mass is 156 g/mol. The van der Waals surface area contributed by atoms with Crippen molar-refractivity contribution >= 4 is 5.97 Å². The van der Waals surface area contributed by atoms with Gasteiger partial charge in [-0.15, -0.1) is 0 Å². The predicted molar refractivity (Wildman–Crippen MR) is 36.0 cm³/mol. The van der Waals surface area contributed by atoms with Crippen LogP contribution in [-0.2, 0) is 4.74 Å². The molecule has 1 heterocycles. The number of carbonyl (C=O) groups is 1. The van der Waals surface area contributed by atoms with Crippen LogP contribution >= 0.6 is 0 Å². The predicted octanol–water partition coefficient (Wildman–Crippen LogP) is -0.441. The second-order valence-electron chi connectivity index (χ2n) is 1.83. The van der Waals surface area contributed by atoms with E-state index in [1.165, 1.54) is 12.3 Å². The Kier molecular flexibility index (Phi) is 2.62. The first kappa shape index (κ1) is 7.74. The van der Waals surface area contributed by atoms with Crippen LogP contribution in [0.2, 0.25) is 0 Å². The van der Waals surface area contributed by atoms with E-state index in [-0.39, 0.29) is 13.2 Å². The van der Waals surface area contributed by atoms with Crippen molar-refractivity contribution in [2.75, 3.05) is 13.2 Å². The molecule has 0 atom stereocenters. The molecule has 5 nitrogen and oxygen atoms in total. The molecule has 0 fully saturated rings. The lowest BCUT2D eigenvalue weighted by Gasteiger charge is -1.97. The molecule has 0 aliphatic carbocycles. The van der Waals surface area contributed by atoms with E-state index < -0.39 is 5.97 Å². The third-order valence-electron chi connectivity index (χ3n) is 1.05. The third kappa shape index (κ3) is 2.05. The highest BCUT2D eigenvalue weighted by Crippen LogP contribution is 1.94. The number of carbonyl (C=O) groups excluding carboxylic acids is 1. The molecule has 1 rings (SSSR count). The van der Waals surface area contributed by atoms with Crippen molar-refractivity contribution in [3.8, 4) is 0 Å². The normalized spacial score (nSPS) is 9.55. The van der Waals surface area contributed by atoms with E-state index in [2.05, 4.69) is 14.9 Å². The van der Waals surface area contributed by atoms with Crippen LogP contribution < -0.4 is 0 Å². The number of aliphatic hydroxyl groups excluding tert-OH is 1. The Hall–Kier alpha value is -1.36. The lowest BCUT2D eigenvalue weighted by atomic mass is 10.4. The molecule has 0 amide bonds. The fourth-order valence-corrected chi connectivity index (χ4v) is 0.586. The van der Waals surface area contributed by atoms with Gasteiger partial charge >= 0.3 is 5.97 Å². The van der Waals surface area contributed by atoms with Gasteiger partial charge in [0, 0.05) is 6.20 Å². The fraction of sp³-hybridized carbons (Fsp3) is 0.333. The van der Waals surface area contributed by atoms with Gasteiger partial charge in [0.05, 0.1) is 6.61 Å². The number of aromatic nitrogens is 2. The Balaban J connectivity index is 2.43. The van der Waals surface area contributed by atoms with Crippen molar-refractivity contribution in [3.63, 3.8) is 0 Å². The number of aromatic amines is 1. The highest BCUT2D eigenvalue weighted by atomic mass is 16.5. The molecule has 1 aromatic heterocycles. The van der Waals surface area contributed by atoms with Crippen LogP contribution in [0.5, 0.6) is 0 Å². The molecule has 0 unspecified atom stereocenters. The van der Waals surface area contributed by atoms with Crippen LogP contribution in [0.15, 0.2) is 12.3 Å². The summed E-state index contributed by atoms with van der Waals surface area (Å²) in [6.45, 7) is -0.155. The van der Waals surface area contributed by atoms with E-state index in [1.807, 2.05) is 0 Å². The molecule has 0 saturated heterocycles. The average molecular weight is 156 g/mol. The van der Waals surface area contributed by atoms with E-state index in [0.29, 0.717) is 5.69 Å². The number of ether oxygens (including phenoxy) is 1. The number of rotatable bonds is 3. The zero-order chi connectivity index (χ0) is 8.10. The van der Waals surface area contributed by atoms with Crippen molar-refractivity contribution in [1.29, 1.82) is 0 Å². The van der Waals surface area contributed by atoms with Crippen LogP contribution in [0.25, 0.3) is 0 Å². The number of nitrogens with zero attached hydrogens (tertiary/aromatic N) is 1. The van der Waals surface area contributed by atoms with Gasteiger partial charge in [0.15, 0.2) is 0 Å². The second kappa shape index (κ2) is 3.72. The molecule has 0 aliphatic heterocycles. The van der Waals surface area contributed by atoms with Gasteiger partial charge in [0.2, 0.25) is 0 Å². The van der Waals surface area contributed by atoms with Gasteiger partial charge in [0.1, 0.15) is 12.3 Å². The van der Waals surface area contributed by atoms with E-state index in [4.69, 9.17) is 5.11 Å². The van der Waals surface area contributed by atoms with Crippen LogP contribution in [-0.4, -0.2) is 34.5 Å². The van der Waals surface area contributed by atoms with Crippen molar-refractivity contribution in [2.24, 2.45) is 0 Å². The molecule has 0 bridgehead atoms. The van der Waals surface area contributed by atoms with Crippen molar-refractivity contribution in [3.05, 3.63) is 18.0 Å². The molecule has 60 valence electrons. The Bertz CT molecular complexity index is 220. The summed E-state index contributed by atoms with van der Waals surface area (Å²) in [7, 11) is 0. The molecule has 11 heavy (non-hydrogen) atoms. The fourth-order valence-electron chi connectivity index (χ4n) is 0.586. The Morgan fingerprint density at radius 3 is 3.18 bits per heavy atom. The maximum atomic E-state index is 10.9. The quantitative estimate of drug-likeness (QED) is 0.581. The van der Waals surface area contributed by atoms with Crippen LogP contribution in [0.4, 0.5) is 0 Å². The van der Waals surface area contributed by atoms with E-state index >= 15 is 0 Å². The van der Waals surface area contributed by atoms with Gasteiger partial charge in [-0.25, -0.2) is 4.79 Å². The minimum atomic E-state index is -0.503. The van der Waals surface area contributed by atoms with Gasteiger partial charge in [-0.05, 0) is 6.07 Å². The largest absolute Gasteiger partial charge is 0.459 e. The zero-order valence-electron chi connectivity index (χ0n) is 5.78. The van der Waals surface area contributed by atoms with Crippen molar-refractivity contribution in [1.82, 2.24) is 10.2 Å². The topological polar surface area (TPSA) is 75.2 Å². The average Bonchev–Trinajstić information content (AvgIpc) is 2.52. The Morgan fingerprint density at radius 2 is 2.64 bits per heavy atom. The molecule has 0 spiro atoms. The molecule has 1 aromatic rings. The number of hydrogen-bond donors (Lipinski definition) is 2. The smallest absolute Gasteiger partial charge is 0.356 e. The summed E-state index contributed by atoms with van der Waals surface area (Å²) in [5.41, 5.74) is 0.290. The van der Waals surface area contributed by atoms with Crippen molar-refractivity contribution < 1.29 is 14.6 Å². The molecule has 0 aromatic carbocycles. The summed E-state index contributed by atoms with van der Waals surface area (Å²) in [5, 5.41) is 14.3. The lowest BCUT2D eigenvalue weighted by Crippen LogP contribution is -2.08. The van der Waals surface area contributed by atoms with E-state index in [0.717, 1.165) is 0 Å². The Labute approximate surface area is 63.0 Å². The number of hydrogen-bond acceptors (Lipinski definition) is 4. The van der Waals surface area contributed by atoms with Gasteiger partial charge in [-0.1, -0.05) is 0 Å². The molecule has 0 radical (unpaired) electrons. The summed E-state index contributed by atoms with van der Waals surface area (Å²) >= 11 is 0. The molecular formula is C6H8N2O3. The minimum Gasteiger partial charge on any atom is -0.459 e.